The highest BCUT2D eigenvalue weighted by atomic mass is 35.5. The molecule has 0 aliphatic carbocycles. The van der Waals surface area contributed by atoms with Gasteiger partial charge in [-0.15, -0.1) is 25.2 Å². The van der Waals surface area contributed by atoms with Crippen molar-refractivity contribution in [1.82, 2.24) is 29.8 Å². The first-order valence-electron chi connectivity index (χ1n) is 10.0. The standard InChI is InChI=1S/C21H18Cl2N8O/c22-14-4-3-5-15(23)18(14)31-28-17(19(24)32)20(29-31)25-13-9-7-12(8-10-13)21-27-26-16-6-1-2-11-30(16)21/h3-5,7-10H,1-2,6,11H2,(H2,24,32)(H,25,29). The van der Waals surface area contributed by atoms with Crippen LogP contribution in [0.4, 0.5) is 11.5 Å². The van der Waals surface area contributed by atoms with Crippen LogP contribution in [0.1, 0.15) is 29.2 Å². The largest absolute Gasteiger partial charge is 0.364 e. The fourth-order valence-corrected chi connectivity index (χ4v) is 4.25. The van der Waals surface area contributed by atoms with Crippen LogP contribution < -0.4 is 11.1 Å². The van der Waals surface area contributed by atoms with Crippen LogP contribution in [0.3, 0.4) is 0 Å². The number of nitrogens with one attached hydrogen (secondary N) is 1. The smallest absolute Gasteiger partial charge is 0.273 e. The highest BCUT2D eigenvalue weighted by molar-refractivity contribution is 6.37. The predicted octanol–water partition coefficient (Wildman–Crippen LogP) is 4.01. The molecule has 2 aromatic carbocycles. The van der Waals surface area contributed by atoms with Crippen molar-refractivity contribution >= 4 is 40.6 Å². The summed E-state index contributed by atoms with van der Waals surface area (Å²) in [5, 5.41) is 21.0. The minimum absolute atomic E-state index is 0.0309. The van der Waals surface area contributed by atoms with Crippen LogP contribution in [0.5, 0.6) is 0 Å². The fourth-order valence-electron chi connectivity index (χ4n) is 3.70. The van der Waals surface area contributed by atoms with Crippen molar-refractivity contribution in [3.8, 4) is 17.1 Å². The highest BCUT2D eigenvalue weighted by Gasteiger charge is 2.21. The van der Waals surface area contributed by atoms with Crippen LogP contribution in [0.25, 0.3) is 17.1 Å². The van der Waals surface area contributed by atoms with Crippen LogP contribution in [0, 0.1) is 0 Å². The van der Waals surface area contributed by atoms with E-state index in [-0.39, 0.29) is 11.5 Å². The lowest BCUT2D eigenvalue weighted by Crippen LogP contribution is -2.14. The second-order valence-electron chi connectivity index (χ2n) is 7.37. The Labute approximate surface area is 193 Å². The van der Waals surface area contributed by atoms with Gasteiger partial charge in [0, 0.05) is 24.2 Å². The number of nitrogens with two attached hydrogens (primary N) is 1. The number of anilines is 2. The number of benzene rings is 2. The molecule has 0 fully saturated rings. The molecule has 11 heteroatoms. The van der Waals surface area contributed by atoms with Gasteiger partial charge in [-0.3, -0.25) is 4.79 Å². The number of fused-ring (bicyclic) bond motifs is 1. The molecule has 3 N–H and O–H groups in total. The number of amides is 1. The summed E-state index contributed by atoms with van der Waals surface area (Å²) in [6, 6.07) is 12.6. The number of para-hydroxylation sites is 1. The summed E-state index contributed by atoms with van der Waals surface area (Å²) in [6.07, 6.45) is 3.22. The Hall–Kier alpha value is -3.43. The molecule has 3 heterocycles. The third-order valence-corrected chi connectivity index (χ3v) is 5.86. The maximum Gasteiger partial charge on any atom is 0.273 e. The number of hydrogen-bond acceptors (Lipinski definition) is 6. The van der Waals surface area contributed by atoms with Gasteiger partial charge < -0.3 is 15.6 Å². The fraction of sp³-hybridized carbons (Fsp3) is 0.190. The molecule has 0 bridgehead atoms. The molecule has 2 aromatic heterocycles. The number of nitrogens with zero attached hydrogens (tertiary/aromatic N) is 6. The van der Waals surface area contributed by atoms with Gasteiger partial charge in [0.15, 0.2) is 17.3 Å². The minimum Gasteiger partial charge on any atom is -0.364 e. The van der Waals surface area contributed by atoms with E-state index < -0.39 is 5.91 Å². The highest BCUT2D eigenvalue weighted by Crippen LogP contribution is 2.29. The Morgan fingerprint density at radius 1 is 1.00 bits per heavy atom. The molecule has 1 aliphatic rings. The van der Waals surface area contributed by atoms with E-state index in [4.69, 9.17) is 28.9 Å². The maximum absolute atomic E-state index is 12.0. The third kappa shape index (κ3) is 3.69. The monoisotopic (exact) mass is 468 g/mol. The summed E-state index contributed by atoms with van der Waals surface area (Å²) in [6.45, 7) is 0.924. The molecular formula is C21H18Cl2N8O. The second kappa shape index (κ2) is 8.25. The van der Waals surface area contributed by atoms with E-state index in [9.17, 15) is 4.79 Å². The number of carbonyl (C=O) groups excluding carboxylic acids is 1. The Bertz CT molecular complexity index is 1290. The Kier molecular flexibility index (Phi) is 5.28. The Morgan fingerprint density at radius 3 is 2.47 bits per heavy atom. The summed E-state index contributed by atoms with van der Waals surface area (Å²) in [4.78, 5) is 13.2. The van der Waals surface area contributed by atoms with Gasteiger partial charge in [-0.05, 0) is 49.2 Å². The summed E-state index contributed by atoms with van der Waals surface area (Å²) in [7, 11) is 0. The summed E-state index contributed by atoms with van der Waals surface area (Å²) < 4.78 is 2.16. The number of aryl methyl sites for hydroxylation is 1. The van der Waals surface area contributed by atoms with Crippen LogP contribution in [-0.2, 0) is 13.0 Å². The average Bonchev–Trinajstić information content (AvgIpc) is 3.39. The number of rotatable bonds is 5. The van der Waals surface area contributed by atoms with E-state index in [1.807, 2.05) is 24.3 Å². The van der Waals surface area contributed by atoms with Gasteiger partial charge in [-0.1, -0.05) is 29.3 Å². The lowest BCUT2D eigenvalue weighted by Gasteiger charge is -2.14. The van der Waals surface area contributed by atoms with Crippen molar-refractivity contribution in [3.05, 3.63) is 64.0 Å². The molecule has 1 aliphatic heterocycles. The number of aromatic nitrogens is 6. The minimum atomic E-state index is -0.728. The first-order chi connectivity index (χ1) is 15.5. The number of hydrogen-bond donors (Lipinski definition) is 2. The first kappa shape index (κ1) is 20.5. The van der Waals surface area contributed by atoms with E-state index in [1.54, 1.807) is 18.2 Å². The second-order valence-corrected chi connectivity index (χ2v) is 8.19. The summed E-state index contributed by atoms with van der Waals surface area (Å²) >= 11 is 12.5. The number of primary amides is 1. The quantitative estimate of drug-likeness (QED) is 0.456. The molecule has 5 rings (SSSR count). The van der Waals surface area contributed by atoms with Crippen molar-refractivity contribution in [2.45, 2.75) is 25.8 Å². The molecule has 1 amide bonds. The maximum atomic E-state index is 12.0. The van der Waals surface area contributed by atoms with Crippen molar-refractivity contribution in [2.24, 2.45) is 5.73 Å². The molecule has 0 saturated carbocycles. The summed E-state index contributed by atoms with van der Waals surface area (Å²) in [5.74, 6) is 1.34. The SMILES string of the molecule is NC(=O)c1nn(-c2c(Cl)cccc2Cl)nc1Nc1ccc(-c2nnc3n2CCCC3)cc1. The molecule has 0 unspecified atom stereocenters. The Balaban J connectivity index is 1.45. The van der Waals surface area contributed by atoms with Crippen molar-refractivity contribution in [1.29, 1.82) is 0 Å². The lowest BCUT2D eigenvalue weighted by molar-refractivity contribution is 0.0996. The van der Waals surface area contributed by atoms with E-state index in [0.29, 0.717) is 21.4 Å². The topological polar surface area (TPSA) is 117 Å². The molecule has 0 spiro atoms. The lowest BCUT2D eigenvalue weighted by atomic mass is 10.1. The Morgan fingerprint density at radius 2 is 1.75 bits per heavy atom. The van der Waals surface area contributed by atoms with Crippen LogP contribution in [0.2, 0.25) is 10.0 Å². The molecule has 0 atom stereocenters. The van der Waals surface area contributed by atoms with Gasteiger partial charge >= 0.3 is 0 Å². The molecule has 9 nitrogen and oxygen atoms in total. The molecule has 162 valence electrons. The zero-order chi connectivity index (χ0) is 22.2. The van der Waals surface area contributed by atoms with Crippen molar-refractivity contribution in [2.75, 3.05) is 5.32 Å². The van der Waals surface area contributed by atoms with Gasteiger partial charge in [0.25, 0.3) is 5.91 Å². The van der Waals surface area contributed by atoms with Gasteiger partial charge in [0.2, 0.25) is 0 Å². The van der Waals surface area contributed by atoms with E-state index >= 15 is 0 Å². The average molecular weight is 469 g/mol. The predicted molar refractivity (Wildman–Crippen MR) is 122 cm³/mol. The molecule has 32 heavy (non-hydrogen) atoms. The van der Waals surface area contributed by atoms with Gasteiger partial charge in [0.1, 0.15) is 11.5 Å². The van der Waals surface area contributed by atoms with E-state index in [0.717, 1.165) is 43.0 Å². The van der Waals surface area contributed by atoms with Crippen molar-refractivity contribution in [3.63, 3.8) is 0 Å². The van der Waals surface area contributed by atoms with Gasteiger partial charge in [0.05, 0.1) is 10.0 Å². The van der Waals surface area contributed by atoms with Crippen LogP contribution >= 0.6 is 23.2 Å². The van der Waals surface area contributed by atoms with Crippen LogP contribution in [-0.4, -0.2) is 35.7 Å². The summed E-state index contributed by atoms with van der Waals surface area (Å²) in [5.41, 5.74) is 7.50. The third-order valence-electron chi connectivity index (χ3n) is 5.25. The van der Waals surface area contributed by atoms with E-state index in [2.05, 4.69) is 30.3 Å². The molecular weight excluding hydrogens is 451 g/mol. The molecule has 0 radical (unpaired) electrons. The zero-order valence-electron chi connectivity index (χ0n) is 16.8. The molecule has 0 saturated heterocycles. The van der Waals surface area contributed by atoms with Crippen LogP contribution in [0.15, 0.2) is 42.5 Å². The van der Waals surface area contributed by atoms with Gasteiger partial charge in [-0.25, -0.2) is 0 Å². The number of carbonyl (C=O) groups is 1. The molecule has 4 aromatic rings. The first-order valence-corrected chi connectivity index (χ1v) is 10.8. The number of halogens is 2. The zero-order valence-corrected chi connectivity index (χ0v) is 18.3. The van der Waals surface area contributed by atoms with Gasteiger partial charge in [-0.2, -0.15) is 0 Å². The normalized spacial score (nSPS) is 13.1. The van der Waals surface area contributed by atoms with Crippen molar-refractivity contribution < 1.29 is 4.79 Å². The van der Waals surface area contributed by atoms with E-state index in [1.165, 1.54) is 4.80 Å².